The van der Waals surface area contributed by atoms with E-state index in [9.17, 15) is 22.0 Å². The first-order valence-corrected chi connectivity index (χ1v) is 7.55. The Hall–Kier alpha value is -0.470. The van der Waals surface area contributed by atoms with E-state index in [1.54, 1.807) is 0 Å². The van der Waals surface area contributed by atoms with E-state index in [4.69, 9.17) is 0 Å². The van der Waals surface area contributed by atoms with Crippen LogP contribution < -0.4 is 0 Å². The first kappa shape index (κ1) is 16.6. The van der Waals surface area contributed by atoms with E-state index in [1.807, 2.05) is 0 Å². The van der Waals surface area contributed by atoms with Crippen molar-refractivity contribution in [3.63, 3.8) is 0 Å². The normalized spacial score (nSPS) is 30.6. The lowest BCUT2D eigenvalue weighted by molar-refractivity contribution is -0.181. The number of hydrogen-bond acceptors (Lipinski definition) is 3. The Morgan fingerprint density at radius 1 is 1.16 bits per heavy atom. The molecule has 2 bridgehead atoms. The summed E-state index contributed by atoms with van der Waals surface area (Å²) in [5, 5.41) is 0. The standard InChI is InChI=1S/C10H16F2N2O3S.ClH/c1-7(15)13-3-8-5-14(18(2,16)17)6-9(4-13)10(8,11)12;/h8-9H,3-6H2,1-2H3;1H. The summed E-state index contributed by atoms with van der Waals surface area (Å²) in [6, 6.07) is 0. The molecule has 2 fully saturated rings. The highest BCUT2D eigenvalue weighted by molar-refractivity contribution is 7.88. The van der Waals surface area contributed by atoms with Crippen LogP contribution in [-0.2, 0) is 14.8 Å². The zero-order chi connectivity index (χ0) is 13.7. The summed E-state index contributed by atoms with van der Waals surface area (Å²) in [5.41, 5.74) is 0. The van der Waals surface area contributed by atoms with Crippen LogP contribution in [0.5, 0.6) is 0 Å². The summed E-state index contributed by atoms with van der Waals surface area (Å²) in [5.74, 6) is -5.35. The zero-order valence-corrected chi connectivity index (χ0v) is 12.3. The first-order valence-electron chi connectivity index (χ1n) is 5.71. The second-order valence-corrected chi connectivity index (χ2v) is 7.05. The molecule has 2 unspecified atom stereocenters. The maximum atomic E-state index is 14.0. The maximum absolute atomic E-state index is 14.0. The predicted octanol–water partition coefficient (Wildman–Crippen LogP) is 0.413. The number of likely N-dealkylation sites (tertiary alicyclic amines) is 1. The number of sulfonamides is 1. The number of alkyl halides is 2. The quantitative estimate of drug-likeness (QED) is 0.704. The summed E-state index contributed by atoms with van der Waals surface area (Å²) >= 11 is 0. The topological polar surface area (TPSA) is 57.7 Å². The van der Waals surface area contributed by atoms with Gasteiger partial charge in [0.05, 0.1) is 18.1 Å². The van der Waals surface area contributed by atoms with E-state index in [2.05, 4.69) is 0 Å². The lowest BCUT2D eigenvalue weighted by atomic mass is 9.81. The summed E-state index contributed by atoms with van der Waals surface area (Å²) < 4.78 is 51.9. The van der Waals surface area contributed by atoms with E-state index in [1.165, 1.54) is 11.8 Å². The molecular formula is C10H17ClF2N2O3S. The van der Waals surface area contributed by atoms with Gasteiger partial charge in [0.2, 0.25) is 15.9 Å². The molecule has 0 radical (unpaired) electrons. The minimum absolute atomic E-state index is 0. The van der Waals surface area contributed by atoms with E-state index in [-0.39, 0.29) is 44.5 Å². The van der Waals surface area contributed by atoms with Gasteiger partial charge >= 0.3 is 0 Å². The highest BCUT2D eigenvalue weighted by atomic mass is 35.5. The fourth-order valence-corrected chi connectivity index (χ4v) is 3.54. The third kappa shape index (κ3) is 3.00. The molecule has 2 rings (SSSR count). The molecule has 0 saturated carbocycles. The Bertz CT molecular complexity index is 453. The van der Waals surface area contributed by atoms with Gasteiger partial charge in [-0.05, 0) is 0 Å². The Morgan fingerprint density at radius 2 is 1.58 bits per heavy atom. The van der Waals surface area contributed by atoms with Crippen molar-refractivity contribution in [2.75, 3.05) is 32.4 Å². The van der Waals surface area contributed by atoms with Crippen molar-refractivity contribution in [2.24, 2.45) is 11.8 Å². The minimum atomic E-state index is -3.46. The molecule has 0 aromatic heterocycles. The van der Waals surface area contributed by atoms with Crippen molar-refractivity contribution in [2.45, 2.75) is 12.8 Å². The van der Waals surface area contributed by atoms with E-state index in [0.29, 0.717) is 0 Å². The van der Waals surface area contributed by atoms with Crippen molar-refractivity contribution in [3.8, 4) is 0 Å². The van der Waals surface area contributed by atoms with Crippen LogP contribution >= 0.6 is 12.4 Å². The molecule has 5 nitrogen and oxygen atoms in total. The summed E-state index contributed by atoms with van der Waals surface area (Å²) in [4.78, 5) is 12.6. The molecule has 0 N–H and O–H groups in total. The molecule has 2 heterocycles. The van der Waals surface area contributed by atoms with Gasteiger partial charge in [0.15, 0.2) is 0 Å². The largest absolute Gasteiger partial charge is 0.342 e. The zero-order valence-electron chi connectivity index (χ0n) is 10.7. The average Bonchev–Trinajstić information content (AvgIpc) is 2.12. The summed E-state index contributed by atoms with van der Waals surface area (Å²) in [6.07, 6.45) is 1.02. The molecule has 0 aliphatic carbocycles. The van der Waals surface area contributed by atoms with Crippen LogP contribution in [0.25, 0.3) is 0 Å². The predicted molar refractivity (Wildman–Crippen MR) is 67.8 cm³/mol. The fraction of sp³-hybridized carbons (Fsp3) is 0.900. The van der Waals surface area contributed by atoms with Crippen LogP contribution in [0.1, 0.15) is 6.92 Å². The lowest BCUT2D eigenvalue weighted by Gasteiger charge is -2.49. The lowest BCUT2D eigenvalue weighted by Crippen LogP contribution is -2.64. The Labute approximate surface area is 117 Å². The number of hydrogen-bond donors (Lipinski definition) is 0. The van der Waals surface area contributed by atoms with E-state index in [0.717, 1.165) is 10.6 Å². The van der Waals surface area contributed by atoms with Gasteiger partial charge in [0.1, 0.15) is 0 Å². The molecule has 0 spiro atoms. The van der Waals surface area contributed by atoms with E-state index < -0.39 is 27.8 Å². The van der Waals surface area contributed by atoms with Crippen molar-refractivity contribution >= 4 is 28.3 Å². The van der Waals surface area contributed by atoms with Gasteiger partial charge in [-0.15, -0.1) is 12.4 Å². The van der Waals surface area contributed by atoms with Gasteiger partial charge in [-0.2, -0.15) is 0 Å². The van der Waals surface area contributed by atoms with Crippen LogP contribution in [-0.4, -0.2) is 61.9 Å². The summed E-state index contributed by atoms with van der Waals surface area (Å²) in [7, 11) is -3.46. The molecule has 2 aliphatic rings. The van der Waals surface area contributed by atoms with Crippen LogP contribution in [0.4, 0.5) is 8.78 Å². The number of halogens is 3. The molecule has 112 valence electrons. The molecule has 2 aliphatic heterocycles. The fourth-order valence-electron chi connectivity index (χ4n) is 2.64. The smallest absolute Gasteiger partial charge is 0.259 e. The van der Waals surface area contributed by atoms with Crippen LogP contribution in [0.2, 0.25) is 0 Å². The first-order chi connectivity index (χ1) is 8.12. The molecule has 2 atom stereocenters. The van der Waals surface area contributed by atoms with Gasteiger partial charge in [0, 0.05) is 33.1 Å². The summed E-state index contributed by atoms with van der Waals surface area (Å²) in [6.45, 7) is 0.751. The molecular weight excluding hydrogens is 302 g/mol. The van der Waals surface area contributed by atoms with Crippen molar-refractivity contribution in [1.82, 2.24) is 9.21 Å². The second-order valence-electron chi connectivity index (χ2n) is 5.07. The van der Waals surface area contributed by atoms with Crippen molar-refractivity contribution in [1.29, 1.82) is 0 Å². The molecule has 0 aromatic rings. The average molecular weight is 319 g/mol. The molecule has 19 heavy (non-hydrogen) atoms. The van der Waals surface area contributed by atoms with Crippen LogP contribution in [0.15, 0.2) is 0 Å². The minimum Gasteiger partial charge on any atom is -0.342 e. The highest BCUT2D eigenvalue weighted by Crippen LogP contribution is 2.42. The van der Waals surface area contributed by atoms with Gasteiger partial charge in [-0.3, -0.25) is 4.79 Å². The Morgan fingerprint density at radius 3 is 1.89 bits per heavy atom. The number of carbonyl (C=O) groups excluding carboxylic acids is 1. The molecule has 9 heteroatoms. The number of rotatable bonds is 1. The van der Waals surface area contributed by atoms with Gasteiger partial charge in [-0.1, -0.05) is 0 Å². The number of carbonyl (C=O) groups is 1. The molecule has 1 amide bonds. The second kappa shape index (κ2) is 5.14. The molecule has 2 saturated heterocycles. The number of piperidine rings is 2. The third-order valence-corrected chi connectivity index (χ3v) is 4.97. The van der Waals surface area contributed by atoms with Gasteiger partial charge in [-0.25, -0.2) is 21.5 Å². The van der Waals surface area contributed by atoms with Gasteiger partial charge in [0.25, 0.3) is 5.92 Å². The Kier molecular flexibility index (Phi) is 4.49. The molecule has 0 aromatic carbocycles. The van der Waals surface area contributed by atoms with Crippen molar-refractivity contribution in [3.05, 3.63) is 0 Å². The van der Waals surface area contributed by atoms with Crippen molar-refractivity contribution < 1.29 is 22.0 Å². The number of fused-ring (bicyclic) bond motifs is 2. The van der Waals surface area contributed by atoms with Crippen LogP contribution in [0, 0.1) is 11.8 Å². The van der Waals surface area contributed by atoms with E-state index >= 15 is 0 Å². The van der Waals surface area contributed by atoms with Crippen LogP contribution in [0.3, 0.4) is 0 Å². The highest BCUT2D eigenvalue weighted by Gasteiger charge is 2.56. The van der Waals surface area contributed by atoms with Gasteiger partial charge < -0.3 is 4.90 Å². The number of nitrogens with zero attached hydrogens (tertiary/aromatic N) is 2. The third-order valence-electron chi connectivity index (χ3n) is 3.73. The monoisotopic (exact) mass is 318 g/mol. The SMILES string of the molecule is CC(=O)N1CC2CN(S(C)(=O)=O)CC(C1)C2(F)F.Cl. The maximum Gasteiger partial charge on any atom is 0.259 e. The Balaban J connectivity index is 0.00000180. The number of amides is 1.